The Bertz CT molecular complexity index is 793. The van der Waals surface area contributed by atoms with Crippen LogP contribution in [0.3, 0.4) is 0 Å². The number of benzene rings is 1. The number of hydrogen-bond acceptors (Lipinski definition) is 6. The fourth-order valence-electron chi connectivity index (χ4n) is 3.29. The van der Waals surface area contributed by atoms with Gasteiger partial charge in [0.15, 0.2) is 11.5 Å². The highest BCUT2D eigenvalue weighted by atomic mass is 32.2. The van der Waals surface area contributed by atoms with Crippen molar-refractivity contribution in [2.24, 2.45) is 0 Å². The quantitative estimate of drug-likeness (QED) is 0.711. The number of anilines is 1. The molecule has 1 aromatic heterocycles. The van der Waals surface area contributed by atoms with Gasteiger partial charge in [-0.1, -0.05) is 0 Å². The van der Waals surface area contributed by atoms with Crippen molar-refractivity contribution in [3.05, 3.63) is 47.8 Å². The first-order valence-electron chi connectivity index (χ1n) is 9.34. The molecule has 7 heteroatoms. The van der Waals surface area contributed by atoms with Gasteiger partial charge in [-0.05, 0) is 42.3 Å². The average Bonchev–Trinajstić information content (AvgIpc) is 2.75. The van der Waals surface area contributed by atoms with Crippen molar-refractivity contribution < 1.29 is 14.3 Å². The van der Waals surface area contributed by atoms with Crippen LogP contribution in [0.5, 0.6) is 11.5 Å². The number of carbonyl (C=O) groups is 1. The summed E-state index contributed by atoms with van der Waals surface area (Å²) in [6.45, 7) is 5.29. The maximum atomic E-state index is 12.6. The monoisotopic (exact) mass is 401 g/mol. The third-order valence-electron chi connectivity index (χ3n) is 4.99. The molecule has 0 N–H and O–H groups in total. The van der Waals surface area contributed by atoms with Crippen LogP contribution in [0.15, 0.2) is 36.7 Å². The number of amides is 1. The molecule has 0 saturated carbocycles. The molecule has 1 saturated heterocycles. The molecule has 0 spiro atoms. The molecule has 0 unspecified atom stereocenters. The molecule has 0 aliphatic carbocycles. The molecular weight excluding hydrogens is 374 g/mol. The number of nitrogens with zero attached hydrogens (tertiary/aromatic N) is 3. The minimum absolute atomic E-state index is 0.206. The number of thioether (sulfide) groups is 1. The molecule has 0 bridgehead atoms. The zero-order valence-corrected chi connectivity index (χ0v) is 17.5. The molecule has 1 fully saturated rings. The molecule has 150 valence electrons. The first-order chi connectivity index (χ1) is 13.6. The Hall–Kier alpha value is -2.41. The number of rotatable bonds is 7. The minimum atomic E-state index is 0.206. The maximum absolute atomic E-state index is 12.6. The minimum Gasteiger partial charge on any atom is -0.493 e. The Kier molecular flexibility index (Phi) is 7.03. The second-order valence-electron chi connectivity index (χ2n) is 6.70. The molecule has 1 amide bonds. The second kappa shape index (κ2) is 9.68. The summed E-state index contributed by atoms with van der Waals surface area (Å²) >= 11 is 1.64. The fraction of sp³-hybridized carbons (Fsp3) is 0.429. The number of aryl methyl sites for hydroxylation is 1. The smallest absolute Gasteiger partial charge is 0.232 e. The fourth-order valence-corrected chi connectivity index (χ4v) is 4.28. The van der Waals surface area contributed by atoms with E-state index < -0.39 is 0 Å². The molecule has 0 atom stereocenters. The van der Waals surface area contributed by atoms with Crippen LogP contribution in [0, 0.1) is 6.92 Å². The van der Waals surface area contributed by atoms with Crippen LogP contribution in [0.4, 0.5) is 5.69 Å². The van der Waals surface area contributed by atoms with Gasteiger partial charge in [0, 0.05) is 50.0 Å². The van der Waals surface area contributed by atoms with Crippen molar-refractivity contribution >= 4 is 23.4 Å². The number of aromatic nitrogens is 1. The van der Waals surface area contributed by atoms with Crippen LogP contribution in [0.2, 0.25) is 0 Å². The van der Waals surface area contributed by atoms with Crippen LogP contribution < -0.4 is 14.4 Å². The van der Waals surface area contributed by atoms with Crippen molar-refractivity contribution in [1.82, 2.24) is 9.88 Å². The lowest BCUT2D eigenvalue weighted by Gasteiger charge is -2.36. The highest BCUT2D eigenvalue weighted by Crippen LogP contribution is 2.32. The standard InChI is InChI=1S/C21H27N3O3S/c1-16-12-19(26-2)20(27-3)13-17(16)14-28-15-21(25)24-10-8-23(9-11-24)18-4-6-22-7-5-18/h4-7,12-13H,8-11,14-15H2,1-3H3. The predicted octanol–water partition coefficient (Wildman–Crippen LogP) is 2.99. The molecule has 6 nitrogen and oxygen atoms in total. The number of carbonyl (C=O) groups excluding carboxylic acids is 1. The van der Waals surface area contributed by atoms with E-state index in [1.807, 2.05) is 29.2 Å². The van der Waals surface area contributed by atoms with E-state index in [-0.39, 0.29) is 5.91 Å². The van der Waals surface area contributed by atoms with Crippen LogP contribution in [0.1, 0.15) is 11.1 Å². The van der Waals surface area contributed by atoms with Gasteiger partial charge in [0.25, 0.3) is 0 Å². The zero-order valence-electron chi connectivity index (χ0n) is 16.7. The topological polar surface area (TPSA) is 54.9 Å². The van der Waals surface area contributed by atoms with Crippen LogP contribution >= 0.6 is 11.8 Å². The molecule has 2 aromatic rings. The van der Waals surface area contributed by atoms with Crippen molar-refractivity contribution in [2.75, 3.05) is 51.1 Å². The molecule has 3 rings (SSSR count). The van der Waals surface area contributed by atoms with E-state index in [0.717, 1.165) is 54.6 Å². The zero-order chi connectivity index (χ0) is 19.9. The molecule has 28 heavy (non-hydrogen) atoms. The van der Waals surface area contributed by atoms with E-state index in [1.165, 1.54) is 5.69 Å². The molecule has 1 aromatic carbocycles. The van der Waals surface area contributed by atoms with E-state index in [1.54, 1.807) is 38.4 Å². The normalized spacial score (nSPS) is 14.1. The van der Waals surface area contributed by atoms with E-state index >= 15 is 0 Å². The average molecular weight is 402 g/mol. The molecular formula is C21H27N3O3S. The molecule has 2 heterocycles. The lowest BCUT2D eigenvalue weighted by molar-refractivity contribution is -0.128. The summed E-state index contributed by atoms with van der Waals surface area (Å²) < 4.78 is 10.7. The number of ether oxygens (including phenoxy) is 2. The third-order valence-corrected chi connectivity index (χ3v) is 5.95. The van der Waals surface area contributed by atoms with Gasteiger partial charge in [-0.2, -0.15) is 0 Å². The summed E-state index contributed by atoms with van der Waals surface area (Å²) in [5.74, 6) is 2.93. The Balaban J connectivity index is 1.48. The van der Waals surface area contributed by atoms with Gasteiger partial charge >= 0.3 is 0 Å². The van der Waals surface area contributed by atoms with Gasteiger partial charge in [0.1, 0.15) is 0 Å². The van der Waals surface area contributed by atoms with Crippen molar-refractivity contribution in [2.45, 2.75) is 12.7 Å². The SMILES string of the molecule is COc1cc(C)c(CSCC(=O)N2CCN(c3ccncc3)CC2)cc1OC. The highest BCUT2D eigenvalue weighted by Gasteiger charge is 2.21. The van der Waals surface area contributed by atoms with Crippen molar-refractivity contribution in [3.8, 4) is 11.5 Å². The second-order valence-corrected chi connectivity index (χ2v) is 7.69. The third kappa shape index (κ3) is 4.90. The van der Waals surface area contributed by atoms with Crippen LogP contribution in [0.25, 0.3) is 0 Å². The summed E-state index contributed by atoms with van der Waals surface area (Å²) in [7, 11) is 3.28. The van der Waals surface area contributed by atoms with Crippen molar-refractivity contribution in [1.29, 1.82) is 0 Å². The van der Waals surface area contributed by atoms with E-state index in [2.05, 4.69) is 16.8 Å². The van der Waals surface area contributed by atoms with Gasteiger partial charge in [0.2, 0.25) is 5.91 Å². The lowest BCUT2D eigenvalue weighted by atomic mass is 10.1. The molecule has 0 radical (unpaired) electrons. The molecule has 1 aliphatic heterocycles. The Morgan fingerprint density at radius 1 is 1.07 bits per heavy atom. The summed E-state index contributed by atoms with van der Waals surface area (Å²) in [6.07, 6.45) is 3.61. The highest BCUT2D eigenvalue weighted by molar-refractivity contribution is 7.99. The van der Waals surface area contributed by atoms with Gasteiger partial charge in [-0.15, -0.1) is 11.8 Å². The van der Waals surface area contributed by atoms with Crippen LogP contribution in [-0.4, -0.2) is 61.9 Å². The summed E-state index contributed by atoms with van der Waals surface area (Å²) in [5, 5.41) is 0. The van der Waals surface area contributed by atoms with Gasteiger partial charge in [-0.25, -0.2) is 0 Å². The largest absolute Gasteiger partial charge is 0.493 e. The first kappa shape index (κ1) is 20.3. The summed E-state index contributed by atoms with van der Waals surface area (Å²) in [4.78, 5) is 20.9. The number of pyridine rings is 1. The van der Waals surface area contributed by atoms with E-state index in [4.69, 9.17) is 9.47 Å². The van der Waals surface area contributed by atoms with Crippen molar-refractivity contribution in [3.63, 3.8) is 0 Å². The summed E-state index contributed by atoms with van der Waals surface area (Å²) in [6, 6.07) is 8.01. The Labute approximate surface area is 170 Å². The van der Waals surface area contributed by atoms with Gasteiger partial charge in [0.05, 0.1) is 20.0 Å². The summed E-state index contributed by atoms with van der Waals surface area (Å²) in [5.41, 5.74) is 3.47. The maximum Gasteiger partial charge on any atom is 0.232 e. The number of methoxy groups -OCH3 is 2. The lowest BCUT2D eigenvalue weighted by Crippen LogP contribution is -2.49. The van der Waals surface area contributed by atoms with Gasteiger partial charge in [-0.3, -0.25) is 9.78 Å². The van der Waals surface area contributed by atoms with Gasteiger partial charge < -0.3 is 19.3 Å². The first-order valence-corrected chi connectivity index (χ1v) is 10.5. The Morgan fingerprint density at radius 2 is 1.71 bits per heavy atom. The number of piperazine rings is 1. The van der Waals surface area contributed by atoms with Crippen LogP contribution in [-0.2, 0) is 10.5 Å². The Morgan fingerprint density at radius 3 is 2.36 bits per heavy atom. The van der Waals surface area contributed by atoms with E-state index in [0.29, 0.717) is 5.75 Å². The van der Waals surface area contributed by atoms with E-state index in [9.17, 15) is 4.79 Å². The molecule has 1 aliphatic rings. The predicted molar refractivity (Wildman–Crippen MR) is 113 cm³/mol. The number of hydrogen-bond donors (Lipinski definition) is 0.